The molecule has 0 saturated heterocycles. The molecule has 2 nitrogen and oxygen atoms in total. The van der Waals surface area contributed by atoms with Crippen LogP contribution >= 0.6 is 23.2 Å². The van der Waals surface area contributed by atoms with Crippen molar-refractivity contribution in [1.29, 1.82) is 0 Å². The van der Waals surface area contributed by atoms with E-state index in [-0.39, 0.29) is 11.9 Å². The molecule has 0 fully saturated rings. The van der Waals surface area contributed by atoms with Crippen LogP contribution in [0.1, 0.15) is 24.1 Å². The Morgan fingerprint density at radius 2 is 1.86 bits per heavy atom. The summed E-state index contributed by atoms with van der Waals surface area (Å²) in [6.07, 6.45) is 3.28. The standard InChI is InChI=1S/C17H15Cl2NO/c1-12(15-9-8-14(18)11-16(15)19)20-17(21)10-7-13-5-3-2-4-6-13/h2-12H,1H3,(H,20,21)/b10-7+/t12-/m1/s1. The fourth-order valence-corrected chi connectivity index (χ4v) is 2.50. The molecule has 0 radical (unpaired) electrons. The fraction of sp³-hybridized carbons (Fsp3) is 0.118. The van der Waals surface area contributed by atoms with Crippen molar-refractivity contribution >= 4 is 35.2 Å². The smallest absolute Gasteiger partial charge is 0.244 e. The number of hydrogen-bond acceptors (Lipinski definition) is 1. The minimum absolute atomic E-state index is 0.169. The van der Waals surface area contributed by atoms with E-state index in [1.807, 2.05) is 43.3 Å². The number of nitrogens with one attached hydrogen (secondary N) is 1. The zero-order valence-electron chi connectivity index (χ0n) is 11.5. The van der Waals surface area contributed by atoms with Crippen molar-refractivity contribution < 1.29 is 4.79 Å². The van der Waals surface area contributed by atoms with Gasteiger partial charge in [0.2, 0.25) is 5.91 Å². The number of carbonyl (C=O) groups is 1. The van der Waals surface area contributed by atoms with E-state index >= 15 is 0 Å². The molecule has 0 heterocycles. The highest BCUT2D eigenvalue weighted by atomic mass is 35.5. The lowest BCUT2D eigenvalue weighted by Gasteiger charge is -2.14. The summed E-state index contributed by atoms with van der Waals surface area (Å²) in [5.74, 6) is -0.169. The van der Waals surface area contributed by atoms with Gasteiger partial charge in [0.1, 0.15) is 0 Å². The molecule has 21 heavy (non-hydrogen) atoms. The van der Waals surface area contributed by atoms with Crippen LogP contribution in [0.3, 0.4) is 0 Å². The van der Waals surface area contributed by atoms with Crippen LogP contribution in [0.25, 0.3) is 6.08 Å². The molecule has 2 aromatic rings. The summed E-state index contributed by atoms with van der Waals surface area (Å²) in [5, 5.41) is 3.99. The average Bonchev–Trinajstić information content (AvgIpc) is 2.46. The minimum Gasteiger partial charge on any atom is -0.346 e. The quantitative estimate of drug-likeness (QED) is 0.799. The van der Waals surface area contributed by atoms with Crippen LogP contribution in [0.2, 0.25) is 10.0 Å². The van der Waals surface area contributed by atoms with Crippen molar-refractivity contribution in [2.75, 3.05) is 0 Å². The first-order valence-corrected chi connectivity index (χ1v) is 7.30. The molecule has 0 aliphatic carbocycles. The molecule has 2 rings (SSSR count). The molecule has 1 N–H and O–H groups in total. The third-order valence-electron chi connectivity index (χ3n) is 3.01. The van der Waals surface area contributed by atoms with E-state index in [4.69, 9.17) is 23.2 Å². The van der Waals surface area contributed by atoms with E-state index in [2.05, 4.69) is 5.32 Å². The van der Waals surface area contributed by atoms with Gasteiger partial charge in [-0.15, -0.1) is 0 Å². The van der Waals surface area contributed by atoms with Gasteiger partial charge in [-0.05, 0) is 36.3 Å². The lowest BCUT2D eigenvalue weighted by atomic mass is 10.1. The van der Waals surface area contributed by atoms with Crippen LogP contribution in [0.5, 0.6) is 0 Å². The van der Waals surface area contributed by atoms with Gasteiger partial charge < -0.3 is 5.32 Å². The second-order valence-electron chi connectivity index (χ2n) is 4.64. The Labute approximate surface area is 134 Å². The zero-order chi connectivity index (χ0) is 15.2. The molecule has 0 saturated carbocycles. The second-order valence-corrected chi connectivity index (χ2v) is 5.48. The Morgan fingerprint density at radius 3 is 2.52 bits per heavy atom. The summed E-state index contributed by atoms with van der Waals surface area (Å²) in [6.45, 7) is 1.88. The number of carbonyl (C=O) groups excluding carboxylic acids is 1. The molecule has 0 aliphatic rings. The molecule has 0 aromatic heterocycles. The summed E-state index contributed by atoms with van der Waals surface area (Å²) >= 11 is 12.0. The van der Waals surface area contributed by atoms with E-state index < -0.39 is 0 Å². The van der Waals surface area contributed by atoms with Crippen molar-refractivity contribution in [3.63, 3.8) is 0 Å². The molecule has 108 valence electrons. The van der Waals surface area contributed by atoms with Crippen LogP contribution < -0.4 is 5.32 Å². The molecule has 1 atom stereocenters. The van der Waals surface area contributed by atoms with Crippen LogP contribution in [-0.4, -0.2) is 5.91 Å². The highest BCUT2D eigenvalue weighted by Gasteiger charge is 2.11. The zero-order valence-corrected chi connectivity index (χ0v) is 13.0. The van der Waals surface area contributed by atoms with Crippen LogP contribution in [0.15, 0.2) is 54.6 Å². The van der Waals surface area contributed by atoms with Gasteiger partial charge in [0.15, 0.2) is 0 Å². The predicted molar refractivity (Wildman–Crippen MR) is 88.5 cm³/mol. The first-order chi connectivity index (χ1) is 10.1. The maximum Gasteiger partial charge on any atom is 0.244 e. The number of halogens is 2. The molecular weight excluding hydrogens is 305 g/mol. The summed E-state index contributed by atoms with van der Waals surface area (Å²) < 4.78 is 0. The van der Waals surface area contributed by atoms with Gasteiger partial charge in [-0.3, -0.25) is 4.79 Å². The maximum atomic E-state index is 11.9. The molecule has 0 unspecified atom stereocenters. The van der Waals surface area contributed by atoms with Crippen molar-refractivity contribution in [1.82, 2.24) is 5.32 Å². The van der Waals surface area contributed by atoms with E-state index in [9.17, 15) is 4.79 Å². The van der Waals surface area contributed by atoms with Gasteiger partial charge >= 0.3 is 0 Å². The van der Waals surface area contributed by atoms with Crippen molar-refractivity contribution in [2.45, 2.75) is 13.0 Å². The lowest BCUT2D eigenvalue weighted by Crippen LogP contribution is -2.24. The first-order valence-electron chi connectivity index (χ1n) is 6.55. The molecule has 2 aromatic carbocycles. The lowest BCUT2D eigenvalue weighted by molar-refractivity contribution is -0.117. The Balaban J connectivity index is 2.00. The minimum atomic E-state index is -0.192. The Morgan fingerprint density at radius 1 is 1.14 bits per heavy atom. The number of benzene rings is 2. The van der Waals surface area contributed by atoms with Gasteiger partial charge in [-0.1, -0.05) is 59.6 Å². The van der Waals surface area contributed by atoms with E-state index in [0.29, 0.717) is 10.0 Å². The Kier molecular flexibility index (Phi) is 5.43. The molecule has 0 bridgehead atoms. The fourth-order valence-electron chi connectivity index (χ4n) is 1.93. The van der Waals surface area contributed by atoms with Crippen LogP contribution in [0.4, 0.5) is 0 Å². The third-order valence-corrected chi connectivity index (χ3v) is 3.58. The average molecular weight is 320 g/mol. The summed E-state index contributed by atoms with van der Waals surface area (Å²) in [7, 11) is 0. The molecular formula is C17H15Cl2NO. The van der Waals surface area contributed by atoms with Crippen molar-refractivity contribution in [2.24, 2.45) is 0 Å². The third kappa shape index (κ3) is 4.62. The van der Waals surface area contributed by atoms with Crippen LogP contribution in [-0.2, 0) is 4.79 Å². The highest BCUT2D eigenvalue weighted by Crippen LogP contribution is 2.26. The van der Waals surface area contributed by atoms with Crippen LogP contribution in [0, 0.1) is 0 Å². The summed E-state index contributed by atoms with van der Waals surface area (Å²) in [6, 6.07) is 14.7. The summed E-state index contributed by atoms with van der Waals surface area (Å²) in [4.78, 5) is 11.9. The summed E-state index contributed by atoms with van der Waals surface area (Å²) in [5.41, 5.74) is 1.81. The predicted octanol–water partition coefficient (Wildman–Crippen LogP) is 4.88. The van der Waals surface area contributed by atoms with E-state index in [1.54, 1.807) is 18.2 Å². The van der Waals surface area contributed by atoms with Crippen molar-refractivity contribution in [3.8, 4) is 0 Å². The normalized spacial score (nSPS) is 12.3. The number of amides is 1. The first kappa shape index (κ1) is 15.6. The maximum absolute atomic E-state index is 11.9. The highest BCUT2D eigenvalue weighted by molar-refractivity contribution is 6.35. The molecule has 4 heteroatoms. The van der Waals surface area contributed by atoms with E-state index in [0.717, 1.165) is 11.1 Å². The SMILES string of the molecule is C[C@@H](NC(=O)/C=C/c1ccccc1)c1ccc(Cl)cc1Cl. The van der Waals surface area contributed by atoms with Gasteiger partial charge in [-0.2, -0.15) is 0 Å². The number of rotatable bonds is 4. The molecule has 0 spiro atoms. The second kappa shape index (κ2) is 7.30. The molecule has 0 aliphatic heterocycles. The Bertz CT molecular complexity index is 653. The monoisotopic (exact) mass is 319 g/mol. The Hall–Kier alpha value is -1.77. The van der Waals surface area contributed by atoms with Gasteiger partial charge in [0, 0.05) is 16.1 Å². The topological polar surface area (TPSA) is 29.1 Å². The van der Waals surface area contributed by atoms with E-state index in [1.165, 1.54) is 6.08 Å². The number of hydrogen-bond donors (Lipinski definition) is 1. The van der Waals surface area contributed by atoms with Gasteiger partial charge in [0.05, 0.1) is 6.04 Å². The molecule has 1 amide bonds. The van der Waals surface area contributed by atoms with Gasteiger partial charge in [0.25, 0.3) is 0 Å². The van der Waals surface area contributed by atoms with Gasteiger partial charge in [-0.25, -0.2) is 0 Å². The largest absolute Gasteiger partial charge is 0.346 e. The van der Waals surface area contributed by atoms with Crippen molar-refractivity contribution in [3.05, 3.63) is 75.8 Å².